The van der Waals surface area contributed by atoms with Crippen LogP contribution >= 0.6 is 0 Å². The van der Waals surface area contributed by atoms with Gasteiger partial charge in [0, 0.05) is 5.56 Å². The van der Waals surface area contributed by atoms with Crippen LogP contribution in [0.3, 0.4) is 0 Å². The summed E-state index contributed by atoms with van der Waals surface area (Å²) in [4.78, 5) is 26.3. The first kappa shape index (κ1) is 15.9. The zero-order valence-corrected chi connectivity index (χ0v) is 12.0. The van der Waals surface area contributed by atoms with E-state index in [4.69, 9.17) is 0 Å². The van der Waals surface area contributed by atoms with Gasteiger partial charge in [-0.15, -0.1) is 0 Å². The molecule has 4 nitrogen and oxygen atoms in total. The molecule has 0 bridgehead atoms. The Hall–Kier alpha value is -2.12. The molecule has 0 N–H and O–H groups in total. The van der Waals surface area contributed by atoms with Crippen molar-refractivity contribution in [1.82, 2.24) is 9.80 Å². The molecule has 1 aromatic carbocycles. The normalized spacial score (nSPS) is 9.75. The number of rotatable bonds is 6. The van der Waals surface area contributed by atoms with E-state index in [2.05, 4.69) is 30.6 Å². The number of amides is 2. The van der Waals surface area contributed by atoms with Crippen molar-refractivity contribution in [2.75, 3.05) is 26.2 Å². The standard InChI is InChI=1S/C16H20N2O2/c1-3-17(4-2)12-8-9-13-18(14-19)16(20)15-10-6-5-7-11-15/h5-7,10-11,14H,3-4,12-13H2,1-2H3. The lowest BCUT2D eigenvalue weighted by Crippen LogP contribution is -2.30. The third-order valence-corrected chi connectivity index (χ3v) is 2.98. The molecular weight excluding hydrogens is 252 g/mol. The van der Waals surface area contributed by atoms with Gasteiger partial charge in [0.2, 0.25) is 6.41 Å². The number of imide groups is 1. The van der Waals surface area contributed by atoms with E-state index < -0.39 is 0 Å². The molecule has 2 amide bonds. The molecular formula is C16H20N2O2. The molecule has 4 heteroatoms. The lowest BCUT2D eigenvalue weighted by Gasteiger charge is -2.14. The van der Waals surface area contributed by atoms with Crippen molar-refractivity contribution in [2.24, 2.45) is 0 Å². The number of carbonyl (C=O) groups excluding carboxylic acids is 2. The van der Waals surface area contributed by atoms with Crippen molar-refractivity contribution in [3.8, 4) is 11.8 Å². The Morgan fingerprint density at radius 3 is 2.25 bits per heavy atom. The molecule has 0 aliphatic carbocycles. The first-order valence-electron chi connectivity index (χ1n) is 6.72. The van der Waals surface area contributed by atoms with Crippen LogP contribution in [0, 0.1) is 11.8 Å². The molecule has 0 heterocycles. The third kappa shape index (κ3) is 4.87. The largest absolute Gasteiger partial charge is 0.293 e. The minimum Gasteiger partial charge on any atom is -0.293 e. The Morgan fingerprint density at radius 1 is 1.10 bits per heavy atom. The van der Waals surface area contributed by atoms with E-state index in [9.17, 15) is 9.59 Å². The minimum absolute atomic E-state index is 0.124. The van der Waals surface area contributed by atoms with Crippen LogP contribution in [0.15, 0.2) is 30.3 Å². The summed E-state index contributed by atoms with van der Waals surface area (Å²) >= 11 is 0. The number of nitrogens with zero attached hydrogens (tertiary/aromatic N) is 2. The van der Waals surface area contributed by atoms with Crippen LogP contribution in [-0.2, 0) is 4.79 Å². The quantitative estimate of drug-likeness (QED) is 0.584. The predicted molar refractivity (Wildman–Crippen MR) is 79.1 cm³/mol. The van der Waals surface area contributed by atoms with E-state index in [1.54, 1.807) is 24.3 Å². The first-order valence-corrected chi connectivity index (χ1v) is 6.72. The monoisotopic (exact) mass is 272 g/mol. The second-order valence-corrected chi connectivity index (χ2v) is 4.22. The molecule has 0 atom stereocenters. The minimum atomic E-state index is -0.322. The highest BCUT2D eigenvalue weighted by atomic mass is 16.2. The summed E-state index contributed by atoms with van der Waals surface area (Å²) in [6.45, 7) is 6.79. The van der Waals surface area contributed by atoms with Crippen LogP contribution in [0.1, 0.15) is 24.2 Å². The number of hydrogen-bond donors (Lipinski definition) is 0. The summed E-state index contributed by atoms with van der Waals surface area (Å²) in [7, 11) is 0. The molecule has 0 fully saturated rings. The Balaban J connectivity index is 2.58. The molecule has 0 aliphatic heterocycles. The van der Waals surface area contributed by atoms with Crippen LogP contribution in [0.2, 0.25) is 0 Å². The van der Waals surface area contributed by atoms with Crippen molar-refractivity contribution in [2.45, 2.75) is 13.8 Å². The summed E-state index contributed by atoms with van der Waals surface area (Å²) in [5.74, 6) is 5.53. The Kier molecular flexibility index (Phi) is 7.08. The number of benzene rings is 1. The molecule has 0 spiro atoms. The Morgan fingerprint density at radius 2 is 1.70 bits per heavy atom. The average Bonchev–Trinajstić information content (AvgIpc) is 2.51. The van der Waals surface area contributed by atoms with Gasteiger partial charge in [-0.1, -0.05) is 43.9 Å². The lowest BCUT2D eigenvalue weighted by atomic mass is 10.2. The molecule has 0 unspecified atom stereocenters. The van der Waals surface area contributed by atoms with Gasteiger partial charge in [0.15, 0.2) is 0 Å². The molecule has 0 aliphatic rings. The molecule has 20 heavy (non-hydrogen) atoms. The van der Waals surface area contributed by atoms with Gasteiger partial charge in [-0.3, -0.25) is 19.4 Å². The fourth-order valence-corrected chi connectivity index (χ4v) is 1.66. The van der Waals surface area contributed by atoms with E-state index in [1.165, 1.54) is 0 Å². The smallest absolute Gasteiger partial charge is 0.261 e. The van der Waals surface area contributed by atoms with Crippen LogP contribution in [-0.4, -0.2) is 48.3 Å². The molecule has 0 saturated carbocycles. The summed E-state index contributed by atoms with van der Waals surface area (Å²) in [5, 5.41) is 0. The van der Waals surface area contributed by atoms with E-state index in [0.717, 1.165) is 18.0 Å². The van der Waals surface area contributed by atoms with Gasteiger partial charge in [0.1, 0.15) is 0 Å². The molecule has 1 aromatic rings. The zero-order valence-electron chi connectivity index (χ0n) is 12.0. The van der Waals surface area contributed by atoms with E-state index in [1.807, 2.05) is 6.07 Å². The molecule has 106 valence electrons. The first-order chi connectivity index (χ1) is 9.72. The Bertz CT molecular complexity index is 484. The van der Waals surface area contributed by atoms with Crippen LogP contribution < -0.4 is 0 Å². The maximum atomic E-state index is 12.0. The van der Waals surface area contributed by atoms with Gasteiger partial charge in [-0.05, 0) is 25.2 Å². The third-order valence-electron chi connectivity index (χ3n) is 2.98. The van der Waals surface area contributed by atoms with Gasteiger partial charge in [0.25, 0.3) is 5.91 Å². The predicted octanol–water partition coefficient (Wildman–Crippen LogP) is 1.63. The fraction of sp³-hybridized carbons (Fsp3) is 0.375. The summed E-state index contributed by atoms with van der Waals surface area (Å²) < 4.78 is 0. The van der Waals surface area contributed by atoms with Crippen molar-refractivity contribution >= 4 is 12.3 Å². The van der Waals surface area contributed by atoms with E-state index >= 15 is 0 Å². The van der Waals surface area contributed by atoms with E-state index in [-0.39, 0.29) is 12.5 Å². The van der Waals surface area contributed by atoms with Crippen molar-refractivity contribution in [1.29, 1.82) is 0 Å². The second kappa shape index (κ2) is 8.89. The summed E-state index contributed by atoms with van der Waals surface area (Å²) in [6, 6.07) is 8.72. The van der Waals surface area contributed by atoms with Gasteiger partial charge in [0.05, 0.1) is 13.1 Å². The summed E-state index contributed by atoms with van der Waals surface area (Å²) in [5.41, 5.74) is 0.491. The Labute approximate surface area is 120 Å². The van der Waals surface area contributed by atoms with Crippen LogP contribution in [0.25, 0.3) is 0 Å². The number of hydrogen-bond acceptors (Lipinski definition) is 3. The van der Waals surface area contributed by atoms with Gasteiger partial charge >= 0.3 is 0 Å². The summed E-state index contributed by atoms with van der Waals surface area (Å²) in [6.07, 6.45) is 0.529. The SMILES string of the molecule is CCN(CC)CC#CCN(C=O)C(=O)c1ccccc1. The molecule has 0 radical (unpaired) electrons. The van der Waals surface area contributed by atoms with Crippen LogP contribution in [0.4, 0.5) is 0 Å². The highest BCUT2D eigenvalue weighted by Crippen LogP contribution is 2.02. The van der Waals surface area contributed by atoms with Gasteiger partial charge < -0.3 is 0 Å². The van der Waals surface area contributed by atoms with E-state index in [0.29, 0.717) is 18.5 Å². The average molecular weight is 272 g/mol. The molecule has 0 aromatic heterocycles. The maximum absolute atomic E-state index is 12.0. The topological polar surface area (TPSA) is 40.6 Å². The fourth-order valence-electron chi connectivity index (χ4n) is 1.66. The van der Waals surface area contributed by atoms with Crippen LogP contribution in [0.5, 0.6) is 0 Å². The maximum Gasteiger partial charge on any atom is 0.261 e. The van der Waals surface area contributed by atoms with Crippen molar-refractivity contribution < 1.29 is 9.59 Å². The zero-order chi connectivity index (χ0) is 14.8. The number of carbonyl (C=O) groups is 2. The van der Waals surface area contributed by atoms with Crippen molar-refractivity contribution in [3.05, 3.63) is 35.9 Å². The second-order valence-electron chi connectivity index (χ2n) is 4.22. The highest BCUT2D eigenvalue weighted by molar-refractivity contribution is 5.99. The lowest BCUT2D eigenvalue weighted by molar-refractivity contribution is -0.115. The highest BCUT2D eigenvalue weighted by Gasteiger charge is 2.12. The molecule has 0 saturated heterocycles. The van der Waals surface area contributed by atoms with Gasteiger partial charge in [-0.2, -0.15) is 0 Å². The molecule has 1 rings (SSSR count). The van der Waals surface area contributed by atoms with Crippen molar-refractivity contribution in [3.63, 3.8) is 0 Å². The van der Waals surface area contributed by atoms with Gasteiger partial charge in [-0.25, -0.2) is 0 Å².